The van der Waals surface area contributed by atoms with Crippen LogP contribution in [-0.4, -0.2) is 10.5 Å². The van der Waals surface area contributed by atoms with E-state index in [4.69, 9.17) is 5.73 Å². The molecule has 1 saturated carbocycles. The molecule has 4 rings (SSSR count). The second-order valence-electron chi connectivity index (χ2n) is 8.01. The van der Waals surface area contributed by atoms with E-state index in [9.17, 15) is 13.6 Å². The molecule has 0 radical (unpaired) electrons. The van der Waals surface area contributed by atoms with E-state index in [1.807, 2.05) is 65.2 Å². The van der Waals surface area contributed by atoms with E-state index in [-0.39, 0.29) is 34.8 Å². The van der Waals surface area contributed by atoms with Gasteiger partial charge in [0.15, 0.2) is 0 Å². The number of nitrogens with zero attached hydrogens (tertiary/aromatic N) is 2. The quantitative estimate of drug-likeness (QED) is 0.521. The summed E-state index contributed by atoms with van der Waals surface area (Å²) >= 11 is 0. The molecule has 0 bridgehead atoms. The number of halogens is 3. The molecule has 1 aliphatic carbocycles. The van der Waals surface area contributed by atoms with Crippen molar-refractivity contribution in [3.05, 3.63) is 90.0 Å². The third-order valence-corrected chi connectivity index (χ3v) is 6.60. The molecular weight excluding hydrogens is 464 g/mol. The summed E-state index contributed by atoms with van der Waals surface area (Å²) in [6.45, 7) is -0.864. The SMILES string of the molecule is Cc1n([C@H]2CC[C@@H](C(C(N)=O)(c3ccccc3)c3ccccc3)C2)cc[n+]1C(F)F.[Br-]. The predicted octanol–water partition coefficient (Wildman–Crippen LogP) is 1.30. The number of carbonyl (C=O) groups excluding carboxylic acids is 1. The third-order valence-electron chi connectivity index (χ3n) is 6.60. The molecule has 7 heteroatoms. The van der Waals surface area contributed by atoms with Crippen LogP contribution in [0, 0.1) is 12.8 Å². The number of benzene rings is 2. The zero-order valence-electron chi connectivity index (χ0n) is 17.3. The molecule has 2 atom stereocenters. The Morgan fingerprint density at radius 1 is 1.06 bits per heavy atom. The maximum atomic E-state index is 13.2. The number of rotatable bonds is 6. The van der Waals surface area contributed by atoms with Crippen LogP contribution in [0.15, 0.2) is 73.1 Å². The largest absolute Gasteiger partial charge is 1.00 e. The van der Waals surface area contributed by atoms with E-state index < -0.39 is 12.0 Å². The van der Waals surface area contributed by atoms with Crippen LogP contribution in [0.4, 0.5) is 8.78 Å². The molecule has 1 aromatic heterocycles. The van der Waals surface area contributed by atoms with Gasteiger partial charge in [-0.3, -0.25) is 4.79 Å². The van der Waals surface area contributed by atoms with Crippen molar-refractivity contribution in [1.29, 1.82) is 0 Å². The van der Waals surface area contributed by atoms with Crippen molar-refractivity contribution in [2.45, 2.75) is 44.2 Å². The number of imidazole rings is 1. The lowest BCUT2D eigenvalue weighted by Crippen LogP contribution is -3.00. The fraction of sp³-hybridized carbons (Fsp3) is 0.333. The van der Waals surface area contributed by atoms with Gasteiger partial charge in [0.1, 0.15) is 23.9 Å². The van der Waals surface area contributed by atoms with Crippen molar-refractivity contribution < 1.29 is 35.1 Å². The molecule has 1 amide bonds. The molecular formula is C24H26BrF2N3O. The van der Waals surface area contributed by atoms with Crippen molar-refractivity contribution in [3.63, 3.8) is 0 Å². The van der Waals surface area contributed by atoms with Crippen LogP contribution in [0.1, 0.15) is 48.8 Å². The fourth-order valence-corrected chi connectivity index (χ4v) is 5.21. The Balaban J connectivity index is 0.00000272. The molecule has 0 unspecified atom stereocenters. The molecule has 2 N–H and O–H groups in total. The first-order chi connectivity index (χ1) is 14.5. The van der Waals surface area contributed by atoms with Gasteiger partial charge in [-0.05, 0) is 36.3 Å². The van der Waals surface area contributed by atoms with Gasteiger partial charge < -0.3 is 22.7 Å². The molecule has 3 aromatic rings. The van der Waals surface area contributed by atoms with E-state index >= 15 is 0 Å². The Morgan fingerprint density at radius 3 is 2.06 bits per heavy atom. The predicted molar refractivity (Wildman–Crippen MR) is 110 cm³/mol. The summed E-state index contributed by atoms with van der Waals surface area (Å²) < 4.78 is 29.3. The second-order valence-corrected chi connectivity index (χ2v) is 8.01. The molecule has 2 aromatic carbocycles. The summed E-state index contributed by atoms with van der Waals surface area (Å²) in [6, 6.07) is 19.4. The Labute approximate surface area is 191 Å². The van der Waals surface area contributed by atoms with Crippen LogP contribution in [0.25, 0.3) is 0 Å². The van der Waals surface area contributed by atoms with E-state index in [0.29, 0.717) is 12.2 Å². The zero-order chi connectivity index (χ0) is 21.3. The van der Waals surface area contributed by atoms with E-state index in [0.717, 1.165) is 28.5 Å². The van der Waals surface area contributed by atoms with Crippen LogP contribution in [0.5, 0.6) is 0 Å². The highest BCUT2D eigenvalue weighted by Gasteiger charge is 2.51. The number of alkyl halides is 2. The Bertz CT molecular complexity index is 984. The second kappa shape index (κ2) is 9.30. The first-order valence-electron chi connectivity index (χ1n) is 10.2. The van der Waals surface area contributed by atoms with Crippen LogP contribution in [0.3, 0.4) is 0 Å². The summed E-state index contributed by atoms with van der Waals surface area (Å²) in [6.07, 6.45) is 5.40. The van der Waals surface area contributed by atoms with Gasteiger partial charge in [-0.2, -0.15) is 13.3 Å². The Morgan fingerprint density at radius 2 is 1.61 bits per heavy atom. The monoisotopic (exact) mass is 489 g/mol. The van der Waals surface area contributed by atoms with E-state index in [1.54, 1.807) is 13.1 Å². The Kier molecular flexibility index (Phi) is 6.94. The highest BCUT2D eigenvalue weighted by atomic mass is 79.9. The van der Waals surface area contributed by atoms with Crippen LogP contribution < -0.4 is 27.3 Å². The van der Waals surface area contributed by atoms with Gasteiger partial charge in [-0.15, -0.1) is 0 Å². The molecule has 164 valence electrons. The highest BCUT2D eigenvalue weighted by Crippen LogP contribution is 2.49. The molecule has 1 fully saturated rings. The van der Waals surface area contributed by atoms with Crippen LogP contribution >= 0.6 is 0 Å². The van der Waals surface area contributed by atoms with E-state index in [1.165, 1.54) is 6.20 Å². The van der Waals surface area contributed by atoms with Crippen molar-refractivity contribution >= 4 is 5.91 Å². The van der Waals surface area contributed by atoms with Crippen LogP contribution in [0.2, 0.25) is 0 Å². The van der Waals surface area contributed by atoms with Gasteiger partial charge in [0.2, 0.25) is 5.91 Å². The van der Waals surface area contributed by atoms with E-state index in [2.05, 4.69) is 0 Å². The minimum atomic E-state index is -2.57. The summed E-state index contributed by atoms with van der Waals surface area (Å²) in [5.41, 5.74) is 6.92. The maximum absolute atomic E-state index is 13.2. The molecule has 0 aliphatic heterocycles. The number of amides is 1. The number of primary amides is 1. The molecule has 1 heterocycles. The first kappa shape index (κ1) is 23.1. The zero-order valence-corrected chi connectivity index (χ0v) is 18.9. The lowest BCUT2D eigenvalue weighted by atomic mass is 9.64. The molecule has 31 heavy (non-hydrogen) atoms. The summed E-state index contributed by atoms with van der Waals surface area (Å²) in [7, 11) is 0. The maximum Gasteiger partial charge on any atom is 0.387 e. The summed E-state index contributed by atoms with van der Waals surface area (Å²) in [4.78, 5) is 13.1. The number of aromatic nitrogens is 2. The van der Waals surface area contributed by atoms with Gasteiger partial charge in [-0.1, -0.05) is 60.7 Å². The highest BCUT2D eigenvalue weighted by molar-refractivity contribution is 5.91. The number of carbonyl (C=O) groups is 1. The summed E-state index contributed by atoms with van der Waals surface area (Å²) in [5.74, 6) is 0.101. The number of nitrogens with two attached hydrogens (primary N) is 1. The average Bonchev–Trinajstić information content (AvgIpc) is 3.37. The summed E-state index contributed by atoms with van der Waals surface area (Å²) in [5, 5.41) is 0. The standard InChI is InChI=1S/C24H25F2N3O.BrH/c1-17-28(14-15-29(17)23(25)26)21-13-12-20(16-21)24(22(27)30,18-8-4-2-5-9-18)19-10-6-3-7-11-19;/h2-11,14-15,20-21,23H,12-13,16H2,1H3,(H-,27,30);1H/t20-,21+;/m1./s1. The number of hydrogen-bond donors (Lipinski definition) is 1. The lowest BCUT2D eigenvalue weighted by molar-refractivity contribution is -0.777. The number of hydrogen-bond acceptors (Lipinski definition) is 1. The van der Waals surface area contributed by atoms with Gasteiger partial charge in [0.25, 0.3) is 5.82 Å². The van der Waals surface area contributed by atoms with Crippen molar-refractivity contribution in [2.24, 2.45) is 11.7 Å². The van der Waals surface area contributed by atoms with Crippen molar-refractivity contribution in [3.8, 4) is 0 Å². The molecule has 1 aliphatic rings. The fourth-order valence-electron chi connectivity index (χ4n) is 5.21. The van der Waals surface area contributed by atoms with Gasteiger partial charge >= 0.3 is 6.55 Å². The van der Waals surface area contributed by atoms with Gasteiger partial charge in [0.05, 0.1) is 0 Å². The van der Waals surface area contributed by atoms with Crippen molar-refractivity contribution in [2.75, 3.05) is 0 Å². The topological polar surface area (TPSA) is 51.9 Å². The minimum absolute atomic E-state index is 0. The Hall–Kier alpha value is -2.54. The molecule has 0 spiro atoms. The van der Waals surface area contributed by atoms with Gasteiger partial charge in [-0.25, -0.2) is 4.57 Å². The third kappa shape index (κ3) is 3.91. The normalized spacial score (nSPS) is 18.7. The van der Waals surface area contributed by atoms with Crippen molar-refractivity contribution in [1.82, 2.24) is 4.57 Å². The first-order valence-corrected chi connectivity index (χ1v) is 10.2. The lowest BCUT2D eigenvalue weighted by Gasteiger charge is -2.37. The minimum Gasteiger partial charge on any atom is -1.00 e. The molecule has 0 saturated heterocycles. The smallest absolute Gasteiger partial charge is 0.387 e. The van der Waals surface area contributed by atoms with Crippen LogP contribution in [-0.2, 0) is 10.2 Å². The average molecular weight is 490 g/mol. The van der Waals surface area contributed by atoms with Gasteiger partial charge in [0, 0.05) is 6.92 Å². The molecule has 4 nitrogen and oxygen atoms in total.